The van der Waals surface area contributed by atoms with E-state index in [1.807, 2.05) is 0 Å². The summed E-state index contributed by atoms with van der Waals surface area (Å²) in [7, 11) is 0. The lowest BCUT2D eigenvalue weighted by molar-refractivity contribution is -0.138. The summed E-state index contributed by atoms with van der Waals surface area (Å²) in [4.78, 5) is 35.9. The van der Waals surface area contributed by atoms with Gasteiger partial charge in [0.2, 0.25) is 0 Å². The van der Waals surface area contributed by atoms with Crippen molar-refractivity contribution in [2.24, 2.45) is 0 Å². The Bertz CT molecular complexity index is 631. The van der Waals surface area contributed by atoms with E-state index in [1.165, 1.54) is 0 Å². The molecule has 6 nitrogen and oxygen atoms in total. The summed E-state index contributed by atoms with van der Waals surface area (Å²) in [5, 5.41) is 11.9. The van der Waals surface area contributed by atoms with Crippen LogP contribution in [0.1, 0.15) is 24.5 Å². The molecule has 2 rings (SSSR count). The number of nitrogens with one attached hydrogen (secondary N) is 1. The molecule has 1 unspecified atom stereocenters. The van der Waals surface area contributed by atoms with Crippen molar-refractivity contribution in [2.45, 2.75) is 25.8 Å². The molecule has 0 aliphatic carbocycles. The average Bonchev–Trinajstić information content (AvgIpc) is 2.62. The summed E-state index contributed by atoms with van der Waals surface area (Å²) in [6, 6.07) is 4.49. The van der Waals surface area contributed by atoms with Gasteiger partial charge in [-0.25, -0.2) is 4.79 Å². The number of amides is 3. The maximum atomic E-state index is 12.5. The van der Waals surface area contributed by atoms with Crippen molar-refractivity contribution in [1.82, 2.24) is 10.2 Å². The Kier molecular flexibility index (Phi) is 3.91. The Balaban J connectivity index is 2.31. The van der Waals surface area contributed by atoms with Gasteiger partial charge in [-0.15, -0.1) is 0 Å². The fourth-order valence-corrected chi connectivity index (χ4v) is 2.38. The maximum Gasteiger partial charge on any atom is 0.325 e. The molecule has 112 valence electrons. The molecule has 1 aromatic carbocycles. The summed E-state index contributed by atoms with van der Waals surface area (Å²) in [6.07, 6.45) is -0.283. The third-order valence-corrected chi connectivity index (χ3v) is 3.98. The largest absolute Gasteiger partial charge is 0.481 e. The molecular weight excluding hydrogens is 296 g/mol. The highest BCUT2D eigenvalue weighted by atomic mass is 35.5. The Morgan fingerprint density at radius 3 is 2.67 bits per heavy atom. The average molecular weight is 311 g/mol. The van der Waals surface area contributed by atoms with Crippen molar-refractivity contribution in [3.05, 3.63) is 34.3 Å². The number of hydrogen-bond donors (Lipinski definition) is 2. The fraction of sp³-hybridized carbons (Fsp3) is 0.357. The fourth-order valence-electron chi connectivity index (χ4n) is 2.26. The number of carbonyl (C=O) groups is 3. The molecule has 0 bridgehead atoms. The van der Waals surface area contributed by atoms with Gasteiger partial charge in [-0.1, -0.05) is 23.7 Å². The molecule has 1 aliphatic rings. The van der Waals surface area contributed by atoms with Crippen LogP contribution in [0.15, 0.2) is 18.2 Å². The second kappa shape index (κ2) is 5.37. The predicted molar refractivity (Wildman–Crippen MR) is 76.0 cm³/mol. The molecule has 1 heterocycles. The number of urea groups is 1. The number of carbonyl (C=O) groups excluding carboxylic acids is 2. The van der Waals surface area contributed by atoms with Gasteiger partial charge in [0.15, 0.2) is 0 Å². The maximum absolute atomic E-state index is 12.5. The summed E-state index contributed by atoms with van der Waals surface area (Å²) < 4.78 is 0. The molecular formula is C14H15ClN2O4. The molecule has 1 aliphatic heterocycles. The first-order valence-corrected chi connectivity index (χ1v) is 6.76. The highest BCUT2D eigenvalue weighted by Gasteiger charge is 2.48. The quantitative estimate of drug-likeness (QED) is 0.831. The normalized spacial score (nSPS) is 21.6. The SMILES string of the molecule is Cc1cc(C2(C)NC(=O)N(CCC(=O)O)C2=O)ccc1Cl. The molecule has 21 heavy (non-hydrogen) atoms. The molecule has 1 atom stereocenters. The van der Waals surface area contributed by atoms with E-state index in [9.17, 15) is 14.4 Å². The van der Waals surface area contributed by atoms with Gasteiger partial charge in [0.05, 0.1) is 6.42 Å². The molecule has 0 aromatic heterocycles. The third-order valence-electron chi connectivity index (χ3n) is 3.56. The van der Waals surface area contributed by atoms with E-state index < -0.39 is 23.4 Å². The Labute approximate surface area is 126 Å². The van der Waals surface area contributed by atoms with Gasteiger partial charge in [0.25, 0.3) is 5.91 Å². The van der Waals surface area contributed by atoms with E-state index in [1.54, 1.807) is 32.0 Å². The summed E-state index contributed by atoms with van der Waals surface area (Å²) in [5.74, 6) is -1.53. The van der Waals surface area contributed by atoms with Crippen molar-refractivity contribution in [3.63, 3.8) is 0 Å². The van der Waals surface area contributed by atoms with E-state index >= 15 is 0 Å². The van der Waals surface area contributed by atoms with Crippen LogP contribution in [0.3, 0.4) is 0 Å². The number of aliphatic carboxylic acids is 1. The zero-order valence-corrected chi connectivity index (χ0v) is 12.4. The lowest BCUT2D eigenvalue weighted by Gasteiger charge is -2.22. The van der Waals surface area contributed by atoms with Gasteiger partial charge in [-0.2, -0.15) is 0 Å². The molecule has 1 aromatic rings. The smallest absolute Gasteiger partial charge is 0.325 e. The molecule has 2 N–H and O–H groups in total. The van der Waals surface area contributed by atoms with Gasteiger partial charge < -0.3 is 10.4 Å². The molecule has 3 amide bonds. The van der Waals surface area contributed by atoms with Gasteiger partial charge >= 0.3 is 12.0 Å². The number of halogens is 1. The number of rotatable bonds is 4. The zero-order chi connectivity index (χ0) is 15.8. The first kappa shape index (κ1) is 15.3. The highest BCUT2D eigenvalue weighted by molar-refractivity contribution is 6.31. The van der Waals surface area contributed by atoms with Crippen molar-refractivity contribution in [3.8, 4) is 0 Å². The molecule has 0 saturated carbocycles. The second-order valence-electron chi connectivity index (χ2n) is 5.12. The van der Waals surface area contributed by atoms with Gasteiger partial charge in [-0.05, 0) is 31.0 Å². The van der Waals surface area contributed by atoms with Crippen LogP contribution in [0, 0.1) is 6.92 Å². The summed E-state index contributed by atoms with van der Waals surface area (Å²) >= 11 is 5.96. The van der Waals surface area contributed by atoms with E-state index in [-0.39, 0.29) is 13.0 Å². The number of nitrogens with zero attached hydrogens (tertiary/aromatic N) is 1. The number of hydrogen-bond acceptors (Lipinski definition) is 3. The van der Waals surface area contributed by atoms with Crippen LogP contribution in [0.5, 0.6) is 0 Å². The Hall–Kier alpha value is -2.08. The minimum Gasteiger partial charge on any atom is -0.481 e. The van der Waals surface area contributed by atoms with Gasteiger partial charge in [0.1, 0.15) is 5.54 Å². The second-order valence-corrected chi connectivity index (χ2v) is 5.53. The van der Waals surface area contributed by atoms with Crippen LogP contribution >= 0.6 is 11.6 Å². The number of carboxylic acid groups (broad SMARTS) is 1. The topological polar surface area (TPSA) is 86.7 Å². The number of imide groups is 1. The third kappa shape index (κ3) is 2.71. The van der Waals surface area contributed by atoms with Crippen LogP contribution < -0.4 is 5.32 Å². The lowest BCUT2D eigenvalue weighted by Crippen LogP contribution is -2.41. The predicted octanol–water partition coefficient (Wildman–Crippen LogP) is 1.89. The van der Waals surface area contributed by atoms with Crippen LogP contribution in [-0.4, -0.2) is 34.5 Å². The number of aryl methyl sites for hydroxylation is 1. The van der Waals surface area contributed by atoms with Crippen LogP contribution in [0.4, 0.5) is 4.79 Å². The standard InChI is InChI=1S/C14H15ClN2O4/c1-8-7-9(3-4-10(8)15)14(2)12(20)17(13(21)16-14)6-5-11(18)19/h3-4,7H,5-6H2,1-2H3,(H,16,21)(H,18,19). The van der Waals surface area contributed by atoms with Crippen molar-refractivity contribution >= 4 is 29.5 Å². The van der Waals surface area contributed by atoms with Crippen LogP contribution in [0.25, 0.3) is 0 Å². The molecule has 1 fully saturated rings. The van der Waals surface area contributed by atoms with E-state index in [2.05, 4.69) is 5.32 Å². The van der Waals surface area contributed by atoms with Crippen LogP contribution in [0.2, 0.25) is 5.02 Å². The number of carboxylic acids is 1. The molecule has 7 heteroatoms. The van der Waals surface area contributed by atoms with E-state index in [0.717, 1.165) is 10.5 Å². The zero-order valence-electron chi connectivity index (χ0n) is 11.6. The highest BCUT2D eigenvalue weighted by Crippen LogP contribution is 2.31. The Morgan fingerprint density at radius 1 is 1.43 bits per heavy atom. The molecule has 0 radical (unpaired) electrons. The first-order chi connectivity index (χ1) is 9.75. The summed E-state index contributed by atoms with van der Waals surface area (Å²) in [6.45, 7) is 3.25. The summed E-state index contributed by atoms with van der Waals surface area (Å²) in [5.41, 5.74) is 0.201. The van der Waals surface area contributed by atoms with Gasteiger partial charge in [0, 0.05) is 11.6 Å². The lowest BCUT2D eigenvalue weighted by atomic mass is 9.91. The number of benzene rings is 1. The molecule has 0 spiro atoms. The van der Waals surface area contributed by atoms with E-state index in [0.29, 0.717) is 10.6 Å². The Morgan fingerprint density at radius 2 is 2.10 bits per heavy atom. The van der Waals surface area contributed by atoms with Crippen molar-refractivity contribution < 1.29 is 19.5 Å². The monoisotopic (exact) mass is 310 g/mol. The molecule has 1 saturated heterocycles. The first-order valence-electron chi connectivity index (χ1n) is 6.38. The van der Waals surface area contributed by atoms with Crippen molar-refractivity contribution in [1.29, 1.82) is 0 Å². The minimum absolute atomic E-state index is 0.151. The minimum atomic E-state index is -1.20. The van der Waals surface area contributed by atoms with E-state index in [4.69, 9.17) is 16.7 Å². The van der Waals surface area contributed by atoms with Crippen LogP contribution in [-0.2, 0) is 15.1 Å². The van der Waals surface area contributed by atoms with Gasteiger partial charge in [-0.3, -0.25) is 14.5 Å². The van der Waals surface area contributed by atoms with Crippen molar-refractivity contribution in [2.75, 3.05) is 6.54 Å².